The smallest absolute Gasteiger partial charge is 0.193 e. The molecule has 0 bridgehead atoms. The molecule has 0 N–H and O–H groups in total. The highest BCUT2D eigenvalue weighted by molar-refractivity contribution is 6.33. The Morgan fingerprint density at radius 1 is 1.00 bits per heavy atom. The molecular formula is C17H16BNO2. The van der Waals surface area contributed by atoms with Gasteiger partial charge in [-0.05, 0) is 30.3 Å². The summed E-state index contributed by atoms with van der Waals surface area (Å²) in [7, 11) is 5.95. The van der Waals surface area contributed by atoms with Crippen LogP contribution in [0.25, 0.3) is 22.3 Å². The number of fused-ring (bicyclic) bond motifs is 1. The van der Waals surface area contributed by atoms with E-state index in [0.717, 1.165) is 16.7 Å². The summed E-state index contributed by atoms with van der Waals surface area (Å²) in [6.45, 7) is 0. The molecule has 3 rings (SSSR count). The largest absolute Gasteiger partial charge is 0.456 e. The van der Waals surface area contributed by atoms with Gasteiger partial charge in [0.15, 0.2) is 5.43 Å². The minimum absolute atomic E-state index is 0.00774. The lowest BCUT2D eigenvalue weighted by Crippen LogP contribution is -2.08. The lowest BCUT2D eigenvalue weighted by Gasteiger charge is -2.12. The van der Waals surface area contributed by atoms with Crippen molar-refractivity contribution in [2.24, 2.45) is 0 Å². The summed E-state index contributed by atoms with van der Waals surface area (Å²) >= 11 is 0. The third kappa shape index (κ3) is 2.57. The molecular weight excluding hydrogens is 261 g/mol. The van der Waals surface area contributed by atoms with Crippen LogP contribution in [0.2, 0.25) is 0 Å². The summed E-state index contributed by atoms with van der Waals surface area (Å²) in [6, 6.07) is 15.2. The second-order valence-electron chi connectivity index (χ2n) is 5.42. The monoisotopic (exact) mass is 277 g/mol. The summed E-state index contributed by atoms with van der Waals surface area (Å²) in [4.78, 5) is 14.3. The molecule has 0 spiro atoms. The van der Waals surface area contributed by atoms with E-state index in [1.54, 1.807) is 6.07 Å². The summed E-state index contributed by atoms with van der Waals surface area (Å²) in [5.74, 6) is 0.599. The number of nitrogens with zero attached hydrogens (tertiary/aromatic N) is 1. The maximum absolute atomic E-state index is 12.2. The van der Waals surface area contributed by atoms with Gasteiger partial charge in [0.1, 0.15) is 19.2 Å². The van der Waals surface area contributed by atoms with Gasteiger partial charge in [-0.25, -0.2) is 0 Å². The molecule has 0 aliphatic heterocycles. The van der Waals surface area contributed by atoms with Crippen molar-refractivity contribution in [2.45, 2.75) is 0 Å². The number of benzene rings is 2. The van der Waals surface area contributed by atoms with Gasteiger partial charge in [-0.3, -0.25) is 4.79 Å². The maximum atomic E-state index is 12.2. The molecule has 0 atom stereocenters. The van der Waals surface area contributed by atoms with E-state index in [1.165, 1.54) is 0 Å². The van der Waals surface area contributed by atoms with Gasteiger partial charge in [-0.2, -0.15) is 0 Å². The Hall–Kier alpha value is -2.49. The highest BCUT2D eigenvalue weighted by Gasteiger charge is 2.07. The van der Waals surface area contributed by atoms with Crippen LogP contribution >= 0.6 is 0 Å². The van der Waals surface area contributed by atoms with Crippen LogP contribution in [0, 0.1) is 0 Å². The van der Waals surface area contributed by atoms with Gasteiger partial charge >= 0.3 is 0 Å². The molecule has 0 fully saturated rings. The molecule has 1 aromatic heterocycles. The zero-order chi connectivity index (χ0) is 15.0. The third-order valence-electron chi connectivity index (χ3n) is 3.55. The van der Waals surface area contributed by atoms with Crippen molar-refractivity contribution in [1.29, 1.82) is 0 Å². The Kier molecular flexibility index (Phi) is 3.30. The van der Waals surface area contributed by atoms with Gasteiger partial charge in [-0.1, -0.05) is 17.6 Å². The van der Waals surface area contributed by atoms with Crippen molar-refractivity contribution < 1.29 is 4.42 Å². The van der Waals surface area contributed by atoms with Crippen molar-refractivity contribution >= 4 is 30.0 Å². The third-order valence-corrected chi connectivity index (χ3v) is 3.55. The van der Waals surface area contributed by atoms with E-state index in [1.807, 2.05) is 69.3 Å². The summed E-state index contributed by atoms with van der Waals surface area (Å²) in [5.41, 5.74) is 3.68. The number of hydrogen-bond acceptors (Lipinski definition) is 3. The van der Waals surface area contributed by atoms with Crippen LogP contribution in [0.5, 0.6) is 0 Å². The molecule has 0 aliphatic carbocycles. The van der Waals surface area contributed by atoms with E-state index in [2.05, 4.69) is 0 Å². The van der Waals surface area contributed by atoms with Crippen LogP contribution < -0.4 is 15.8 Å². The lowest BCUT2D eigenvalue weighted by atomic mass is 9.95. The van der Waals surface area contributed by atoms with Gasteiger partial charge in [0.2, 0.25) is 0 Å². The van der Waals surface area contributed by atoms with E-state index < -0.39 is 0 Å². The molecule has 0 unspecified atom stereocenters. The molecule has 104 valence electrons. The van der Waals surface area contributed by atoms with E-state index in [-0.39, 0.29) is 5.43 Å². The molecule has 4 heteroatoms. The van der Waals surface area contributed by atoms with E-state index >= 15 is 0 Å². The zero-order valence-corrected chi connectivity index (χ0v) is 12.4. The Bertz CT molecular complexity index is 851. The first-order chi connectivity index (χ1) is 10.0. The van der Waals surface area contributed by atoms with Crippen molar-refractivity contribution in [2.75, 3.05) is 19.0 Å². The summed E-state index contributed by atoms with van der Waals surface area (Å²) < 4.78 is 5.87. The van der Waals surface area contributed by atoms with Crippen LogP contribution in [-0.4, -0.2) is 21.9 Å². The van der Waals surface area contributed by atoms with Crippen LogP contribution in [0.15, 0.2) is 57.7 Å². The SMILES string of the molecule is Bc1ccc2oc(-c3ccc(N(C)C)cc3)cc(=O)c2c1. The first kappa shape index (κ1) is 13.5. The number of hydrogen-bond donors (Lipinski definition) is 0. The Morgan fingerprint density at radius 2 is 1.71 bits per heavy atom. The molecule has 21 heavy (non-hydrogen) atoms. The first-order valence-electron chi connectivity index (χ1n) is 6.87. The van der Waals surface area contributed by atoms with Gasteiger partial charge in [-0.15, -0.1) is 0 Å². The highest BCUT2D eigenvalue weighted by atomic mass is 16.3. The van der Waals surface area contributed by atoms with Crippen molar-refractivity contribution in [3.05, 3.63) is 58.8 Å². The predicted molar refractivity (Wildman–Crippen MR) is 90.4 cm³/mol. The first-order valence-corrected chi connectivity index (χ1v) is 6.87. The average Bonchev–Trinajstić information content (AvgIpc) is 2.48. The average molecular weight is 277 g/mol. The topological polar surface area (TPSA) is 33.5 Å². The second-order valence-corrected chi connectivity index (χ2v) is 5.42. The molecule has 1 heterocycles. The maximum Gasteiger partial charge on any atom is 0.193 e. The molecule has 3 nitrogen and oxygen atoms in total. The zero-order valence-electron chi connectivity index (χ0n) is 12.4. The normalized spacial score (nSPS) is 10.8. The lowest BCUT2D eigenvalue weighted by molar-refractivity contribution is 0.619. The quantitative estimate of drug-likeness (QED) is 0.669. The van der Waals surface area contributed by atoms with Crippen molar-refractivity contribution in [3.8, 4) is 11.3 Å². The van der Waals surface area contributed by atoms with Gasteiger partial charge in [0.25, 0.3) is 0 Å². The minimum Gasteiger partial charge on any atom is -0.456 e. The fraction of sp³-hybridized carbons (Fsp3) is 0.118. The fourth-order valence-electron chi connectivity index (χ4n) is 2.34. The molecule has 3 aromatic rings. The van der Waals surface area contributed by atoms with Gasteiger partial charge < -0.3 is 9.32 Å². The molecule has 0 amide bonds. The summed E-state index contributed by atoms with van der Waals surface area (Å²) in [5, 5.41) is 0.628. The predicted octanol–water partition coefficient (Wildman–Crippen LogP) is 1.78. The van der Waals surface area contributed by atoms with E-state index in [4.69, 9.17) is 4.42 Å². The fourth-order valence-corrected chi connectivity index (χ4v) is 2.34. The number of anilines is 1. The van der Waals surface area contributed by atoms with Crippen LogP contribution in [0.4, 0.5) is 5.69 Å². The Morgan fingerprint density at radius 3 is 2.38 bits per heavy atom. The van der Waals surface area contributed by atoms with Crippen LogP contribution in [0.3, 0.4) is 0 Å². The number of rotatable bonds is 2. The molecule has 0 radical (unpaired) electrons. The van der Waals surface area contributed by atoms with Crippen molar-refractivity contribution in [3.63, 3.8) is 0 Å². The summed E-state index contributed by atoms with van der Waals surface area (Å²) in [6.07, 6.45) is 0. The standard InChI is InChI=1S/C17H16BNO2/c1-19(2)13-6-3-11(4-7-13)17-10-15(20)14-9-12(18)5-8-16(14)21-17/h3-10H,18H2,1-2H3. The van der Waals surface area contributed by atoms with Crippen molar-refractivity contribution in [1.82, 2.24) is 0 Å². The minimum atomic E-state index is -0.00774. The Labute approximate surface area is 124 Å². The van der Waals surface area contributed by atoms with Crippen LogP contribution in [-0.2, 0) is 0 Å². The molecule has 0 aliphatic rings. The van der Waals surface area contributed by atoms with E-state index in [9.17, 15) is 4.79 Å². The second kappa shape index (κ2) is 5.13. The van der Waals surface area contributed by atoms with Crippen LogP contribution in [0.1, 0.15) is 0 Å². The molecule has 0 saturated heterocycles. The Balaban J connectivity index is 2.12. The van der Waals surface area contributed by atoms with E-state index in [0.29, 0.717) is 16.7 Å². The molecule has 0 saturated carbocycles. The highest BCUT2D eigenvalue weighted by Crippen LogP contribution is 2.23. The molecule has 2 aromatic carbocycles. The van der Waals surface area contributed by atoms with Gasteiger partial charge in [0.05, 0.1) is 5.39 Å². The van der Waals surface area contributed by atoms with Gasteiger partial charge in [0, 0.05) is 31.4 Å².